The Morgan fingerprint density at radius 3 is 2.24 bits per heavy atom. The Labute approximate surface area is 126 Å². The molecule has 1 rings (SSSR count). The molecule has 0 saturated heterocycles. The number of hydrogen-bond acceptors (Lipinski definition) is 6. The molecule has 1 aromatic rings. The number of phosphoric acid groups is 1. The molecule has 0 heterocycles. The molecule has 0 saturated carbocycles. The Morgan fingerprint density at radius 1 is 1.10 bits per heavy atom. The molecule has 1 atom stereocenters. The van der Waals surface area contributed by atoms with Crippen LogP contribution in [0.15, 0.2) is 24.3 Å². The van der Waals surface area contributed by atoms with Crippen LogP contribution in [0.4, 0.5) is 5.69 Å². The van der Waals surface area contributed by atoms with E-state index in [-0.39, 0.29) is 19.8 Å². The number of nitrogens with two attached hydrogens (primary N) is 1. The number of anilines is 1. The largest absolute Gasteiger partial charge is 0.606 e. The summed E-state index contributed by atoms with van der Waals surface area (Å²) < 4.78 is 15.7. The van der Waals surface area contributed by atoms with Gasteiger partial charge in [0.05, 0.1) is 21.1 Å². The van der Waals surface area contributed by atoms with E-state index in [0.29, 0.717) is 22.5 Å². The summed E-state index contributed by atoms with van der Waals surface area (Å²) in [4.78, 5) is 21.1. The van der Waals surface area contributed by atoms with Crippen molar-refractivity contribution in [1.29, 1.82) is 0 Å². The minimum atomic E-state index is -4.02. The van der Waals surface area contributed by atoms with Crippen LogP contribution in [0, 0.1) is 0 Å². The summed E-state index contributed by atoms with van der Waals surface area (Å²) in [7, 11) is 1.88. The monoisotopic (exact) mass is 319 g/mol. The number of hydrogen-bond donors (Lipinski definition) is 2. The van der Waals surface area contributed by atoms with Crippen LogP contribution in [-0.2, 0) is 9.05 Å². The lowest BCUT2D eigenvalue weighted by atomic mass is 10.3. The Hall–Kier alpha value is -0.950. The normalized spacial score (nSPS) is 14.7. The van der Waals surface area contributed by atoms with Crippen LogP contribution in [0.2, 0.25) is 0 Å². The summed E-state index contributed by atoms with van der Waals surface area (Å²) in [5.74, 6) is 0.617. The number of rotatable bonds is 9. The van der Waals surface area contributed by atoms with Crippen molar-refractivity contribution in [3.05, 3.63) is 24.3 Å². The van der Waals surface area contributed by atoms with Gasteiger partial charge in [0.1, 0.15) is 32.1 Å². The predicted molar refractivity (Wildman–Crippen MR) is 80.3 cm³/mol. The summed E-state index contributed by atoms with van der Waals surface area (Å²) in [6.45, 7) is 0.863. The van der Waals surface area contributed by atoms with Gasteiger partial charge in [0.15, 0.2) is 0 Å². The van der Waals surface area contributed by atoms with Crippen LogP contribution >= 0.6 is 8.17 Å². The van der Waals surface area contributed by atoms with Crippen molar-refractivity contribution >= 4 is 13.9 Å². The van der Waals surface area contributed by atoms with Gasteiger partial charge in [-0.2, -0.15) is 13.9 Å². The SMILES string of the molecule is C[N+](C)(C)CCO[P+]([O-])(O)OCCOc1ccc(N)cc1. The van der Waals surface area contributed by atoms with Gasteiger partial charge in [0.25, 0.3) is 0 Å². The van der Waals surface area contributed by atoms with E-state index < -0.39 is 8.17 Å². The highest BCUT2D eigenvalue weighted by molar-refractivity contribution is 7.52. The molecule has 0 spiro atoms. The second-order valence-corrected chi connectivity index (χ2v) is 7.02. The van der Waals surface area contributed by atoms with Crippen molar-refractivity contribution in [3.8, 4) is 5.75 Å². The summed E-state index contributed by atoms with van der Waals surface area (Å²) in [5, 5.41) is 0. The van der Waals surface area contributed by atoms with E-state index in [9.17, 15) is 9.79 Å². The van der Waals surface area contributed by atoms with Gasteiger partial charge in [0, 0.05) is 5.69 Å². The predicted octanol–water partition coefficient (Wildman–Crippen LogP) is 0.417. The summed E-state index contributed by atoms with van der Waals surface area (Å²) in [6, 6.07) is 6.85. The smallest absolute Gasteiger partial charge is 0.377 e. The molecule has 0 aromatic heterocycles. The summed E-state index contributed by atoms with van der Waals surface area (Å²) in [5.41, 5.74) is 6.19. The van der Waals surface area contributed by atoms with E-state index in [0.717, 1.165) is 0 Å². The van der Waals surface area contributed by atoms with Gasteiger partial charge in [0.2, 0.25) is 0 Å². The maximum absolute atomic E-state index is 11.6. The molecule has 120 valence electrons. The highest BCUT2D eigenvalue weighted by atomic mass is 31.2. The molecule has 0 aliphatic rings. The van der Waals surface area contributed by atoms with Gasteiger partial charge in [-0.1, -0.05) is 0 Å². The minimum Gasteiger partial charge on any atom is -0.606 e. The number of quaternary nitrogens is 1. The number of phosphoric ester groups is 1. The first-order valence-electron chi connectivity index (χ1n) is 6.59. The third-order valence-corrected chi connectivity index (χ3v) is 3.52. The lowest BCUT2D eigenvalue weighted by Gasteiger charge is -2.25. The fourth-order valence-electron chi connectivity index (χ4n) is 1.34. The third-order valence-electron chi connectivity index (χ3n) is 2.50. The van der Waals surface area contributed by atoms with Gasteiger partial charge >= 0.3 is 8.17 Å². The van der Waals surface area contributed by atoms with Gasteiger partial charge < -0.3 is 19.8 Å². The highest BCUT2D eigenvalue weighted by Crippen LogP contribution is 2.47. The van der Waals surface area contributed by atoms with E-state index in [2.05, 4.69) is 0 Å². The Balaban J connectivity index is 2.19. The number of nitrogen functional groups attached to an aromatic ring is 1. The highest BCUT2D eigenvalue weighted by Gasteiger charge is 2.28. The molecule has 0 bridgehead atoms. The summed E-state index contributed by atoms with van der Waals surface area (Å²) in [6.07, 6.45) is 0. The van der Waals surface area contributed by atoms with Crippen LogP contribution in [0.25, 0.3) is 0 Å². The van der Waals surface area contributed by atoms with E-state index in [1.807, 2.05) is 21.1 Å². The van der Waals surface area contributed by atoms with Crippen molar-refractivity contribution in [2.75, 3.05) is 53.2 Å². The molecule has 1 unspecified atom stereocenters. The topological polar surface area (TPSA) is 97.0 Å². The molecular weight excluding hydrogens is 295 g/mol. The van der Waals surface area contributed by atoms with Crippen LogP contribution in [-0.4, -0.2) is 56.9 Å². The second-order valence-electron chi connectivity index (χ2n) is 5.57. The molecular formula is C13H24N2O5P+. The minimum absolute atomic E-state index is 0.0392. The van der Waals surface area contributed by atoms with Crippen molar-refractivity contribution < 1.29 is 28.1 Å². The molecule has 3 N–H and O–H groups in total. The fourth-order valence-corrected chi connectivity index (χ4v) is 2.04. The van der Waals surface area contributed by atoms with Crippen LogP contribution in [0.5, 0.6) is 5.75 Å². The van der Waals surface area contributed by atoms with Crippen molar-refractivity contribution in [1.82, 2.24) is 0 Å². The van der Waals surface area contributed by atoms with E-state index in [4.69, 9.17) is 19.5 Å². The molecule has 21 heavy (non-hydrogen) atoms. The lowest BCUT2D eigenvalue weighted by Crippen LogP contribution is -2.38. The fraction of sp³-hybridized carbons (Fsp3) is 0.538. The number of ether oxygens (including phenoxy) is 1. The lowest BCUT2D eigenvalue weighted by molar-refractivity contribution is -0.870. The van der Waals surface area contributed by atoms with Gasteiger partial charge in [-0.25, -0.2) is 0 Å². The van der Waals surface area contributed by atoms with Crippen molar-refractivity contribution in [3.63, 3.8) is 0 Å². The van der Waals surface area contributed by atoms with E-state index >= 15 is 0 Å². The van der Waals surface area contributed by atoms with Gasteiger partial charge in [-0.3, -0.25) is 0 Å². The van der Waals surface area contributed by atoms with Crippen LogP contribution in [0.3, 0.4) is 0 Å². The Bertz CT molecular complexity index is 420. The van der Waals surface area contributed by atoms with Crippen LogP contribution < -0.4 is 15.4 Å². The molecule has 7 nitrogen and oxygen atoms in total. The molecule has 8 heteroatoms. The standard InChI is InChI=1S/C13H23N2O5P/c1-15(2,3)8-9-19-21(16,17)20-11-10-18-13-6-4-12(14)5-7-13/h4-7H,8-11,14H2,1-3H3/p+1. The molecule has 0 aliphatic heterocycles. The van der Waals surface area contributed by atoms with Crippen LogP contribution in [0.1, 0.15) is 0 Å². The van der Waals surface area contributed by atoms with Crippen molar-refractivity contribution in [2.45, 2.75) is 0 Å². The average Bonchev–Trinajstić information content (AvgIpc) is 2.35. The number of nitrogens with zero attached hydrogens (tertiary/aromatic N) is 1. The van der Waals surface area contributed by atoms with E-state index in [1.54, 1.807) is 24.3 Å². The Kier molecular flexibility index (Phi) is 6.80. The van der Waals surface area contributed by atoms with E-state index in [1.165, 1.54) is 0 Å². The van der Waals surface area contributed by atoms with Crippen molar-refractivity contribution in [2.24, 2.45) is 0 Å². The molecule has 0 aliphatic carbocycles. The molecule has 1 aromatic carbocycles. The Morgan fingerprint density at radius 2 is 1.67 bits per heavy atom. The van der Waals surface area contributed by atoms with Gasteiger partial charge in [-0.05, 0) is 24.3 Å². The quantitative estimate of drug-likeness (QED) is 0.296. The maximum atomic E-state index is 11.6. The maximum Gasteiger partial charge on any atom is 0.377 e. The first-order valence-corrected chi connectivity index (χ1v) is 8.08. The summed E-state index contributed by atoms with van der Waals surface area (Å²) >= 11 is 0. The van der Waals surface area contributed by atoms with Gasteiger partial charge in [-0.15, -0.1) is 0 Å². The zero-order valence-corrected chi connectivity index (χ0v) is 13.6. The first kappa shape index (κ1) is 18.1. The second kappa shape index (κ2) is 7.89. The number of benzene rings is 1. The third kappa shape index (κ3) is 8.83. The first-order chi connectivity index (χ1) is 9.68. The average molecular weight is 319 g/mol. The molecule has 0 fully saturated rings. The molecule has 0 amide bonds. The zero-order valence-electron chi connectivity index (χ0n) is 12.7. The molecule has 0 radical (unpaired) electrons. The zero-order chi connectivity index (χ0) is 15.9. The number of likely N-dealkylation sites (N-methyl/N-ethyl adjacent to an activating group) is 1.